The Morgan fingerprint density at radius 2 is 0.939 bits per heavy atom. The zero-order valence-electron chi connectivity index (χ0n) is 23.8. The number of hydrogen-bond acceptors (Lipinski definition) is 5. The highest BCUT2D eigenvalue weighted by Gasteiger charge is 2.33. The van der Waals surface area contributed by atoms with Gasteiger partial charge in [0.1, 0.15) is 0 Å². The van der Waals surface area contributed by atoms with Crippen LogP contribution in [-0.4, -0.2) is 64.5 Å². The summed E-state index contributed by atoms with van der Waals surface area (Å²) in [4.78, 5) is 0. The molecule has 0 amide bonds. The van der Waals surface area contributed by atoms with Crippen LogP contribution in [-0.2, 0) is 17.7 Å². The first kappa shape index (κ1) is 33.7. The second-order valence-electron chi connectivity index (χ2n) is 12.1. The highest BCUT2D eigenvalue weighted by Crippen LogP contribution is 2.25. The van der Waals surface area contributed by atoms with Gasteiger partial charge in [-0.2, -0.15) is 0 Å². The maximum absolute atomic E-state index is 10.1. The molecule has 0 aromatic rings. The van der Waals surface area contributed by atoms with Crippen molar-refractivity contribution in [2.45, 2.75) is 135 Å². The fraction of sp³-hybridized carbons (Fsp3) is 1.00. The molecule has 0 bridgehead atoms. The fourth-order valence-corrected chi connectivity index (χ4v) is 22.5. The molecule has 1 atom stereocenters. The van der Waals surface area contributed by atoms with Crippen molar-refractivity contribution < 1.29 is 22.8 Å². The summed E-state index contributed by atoms with van der Waals surface area (Å²) in [6.07, 6.45) is 6.10. The van der Waals surface area contributed by atoms with E-state index in [2.05, 4.69) is 66.2 Å². The molecule has 0 heterocycles. The molecule has 0 radical (unpaired) electrons. The van der Waals surface area contributed by atoms with Gasteiger partial charge in [-0.1, -0.05) is 39.5 Å². The molecule has 200 valence electrons. The van der Waals surface area contributed by atoms with Crippen LogP contribution in [0, 0.1) is 0 Å². The average Bonchev–Trinajstić information content (AvgIpc) is 2.66. The molecule has 1 N–H and O–H groups in total. The van der Waals surface area contributed by atoms with Crippen LogP contribution in [0.2, 0.25) is 76.6 Å². The van der Waals surface area contributed by atoms with E-state index in [0.29, 0.717) is 13.2 Å². The Bertz CT molecular complexity index is 501. The lowest BCUT2D eigenvalue weighted by atomic mass is 10.4. The number of unbranched alkanes of at least 4 members (excludes halogenated alkanes) is 2. The Labute approximate surface area is 210 Å². The van der Waals surface area contributed by atoms with Crippen molar-refractivity contribution in [1.82, 2.24) is 0 Å². The van der Waals surface area contributed by atoms with Crippen molar-refractivity contribution in [1.29, 1.82) is 0 Å². The van der Waals surface area contributed by atoms with E-state index in [4.69, 9.17) is 17.7 Å². The highest BCUT2D eigenvalue weighted by molar-refractivity contribution is 6.85. The summed E-state index contributed by atoms with van der Waals surface area (Å²) < 4.78 is 24.5. The molecule has 0 aromatic heterocycles. The molecule has 5 nitrogen and oxygen atoms in total. The largest absolute Gasteiger partial charge is 0.455 e. The zero-order valence-corrected chi connectivity index (χ0v) is 27.8. The van der Waals surface area contributed by atoms with Gasteiger partial charge in [-0.25, -0.2) is 0 Å². The van der Waals surface area contributed by atoms with Gasteiger partial charge in [0.15, 0.2) is 39.6 Å². The lowest BCUT2D eigenvalue weighted by Gasteiger charge is -2.34. The van der Waals surface area contributed by atoms with Crippen LogP contribution in [0.1, 0.15) is 52.4 Å². The summed E-state index contributed by atoms with van der Waals surface area (Å²) in [6, 6.07) is 4.67. The predicted molar refractivity (Wildman–Crippen MR) is 153 cm³/mol. The standard InChI is InChI=1S/C24H58O5Si4/c1-11-13-19-30(3,4)28-32(7,8)21-15-17-26-23-24(25)27-18-16-22-33(9,10)29-31(5,6)20-14-12-2/h24-25H,11-23H2,1-10H3. The smallest absolute Gasteiger partial charge is 0.178 e. The second kappa shape index (κ2) is 16.4. The van der Waals surface area contributed by atoms with E-state index in [-0.39, 0.29) is 6.61 Å². The summed E-state index contributed by atoms with van der Waals surface area (Å²) in [6.45, 7) is 24.6. The SMILES string of the molecule is CCCC[Si](C)(C)O[Si](C)(C)CCCOCC(O)OCCC[Si](C)(C)O[Si](C)(C)CCCC. The van der Waals surface area contributed by atoms with E-state index in [0.717, 1.165) is 24.9 Å². The summed E-state index contributed by atoms with van der Waals surface area (Å²) in [5, 5.41) is 10.1. The minimum absolute atomic E-state index is 0.244. The first-order valence-electron chi connectivity index (χ1n) is 13.4. The summed E-state index contributed by atoms with van der Waals surface area (Å²) >= 11 is 0. The molecule has 0 rings (SSSR count). The second-order valence-corrected chi connectivity index (χ2v) is 29.8. The van der Waals surface area contributed by atoms with Gasteiger partial charge in [0, 0.05) is 13.2 Å². The van der Waals surface area contributed by atoms with Crippen molar-refractivity contribution in [3.05, 3.63) is 0 Å². The van der Waals surface area contributed by atoms with E-state index in [9.17, 15) is 5.11 Å². The first-order chi connectivity index (χ1) is 15.1. The van der Waals surface area contributed by atoms with E-state index in [1.54, 1.807) is 0 Å². The fourth-order valence-electron chi connectivity index (χ4n) is 4.45. The molecular formula is C24H58O5Si4. The lowest BCUT2D eigenvalue weighted by molar-refractivity contribution is -0.137. The molecule has 0 fully saturated rings. The van der Waals surface area contributed by atoms with Crippen LogP contribution in [0.15, 0.2) is 0 Å². The maximum Gasteiger partial charge on any atom is 0.178 e. The third-order valence-corrected chi connectivity index (χ3v) is 21.0. The monoisotopic (exact) mass is 538 g/mol. The Morgan fingerprint density at radius 3 is 1.33 bits per heavy atom. The Hall–Kier alpha value is 0.668. The molecule has 0 aliphatic heterocycles. The van der Waals surface area contributed by atoms with Crippen LogP contribution >= 0.6 is 0 Å². The topological polar surface area (TPSA) is 57.2 Å². The van der Waals surface area contributed by atoms with Gasteiger partial charge in [-0.15, -0.1) is 0 Å². The Balaban J connectivity index is 3.99. The molecule has 0 aliphatic rings. The molecule has 0 aromatic carbocycles. The molecule has 0 aliphatic carbocycles. The maximum atomic E-state index is 10.1. The van der Waals surface area contributed by atoms with Crippen molar-refractivity contribution in [3.8, 4) is 0 Å². The normalized spacial score (nSPS) is 14.6. The van der Waals surface area contributed by atoms with Crippen LogP contribution in [0.3, 0.4) is 0 Å². The molecule has 33 heavy (non-hydrogen) atoms. The van der Waals surface area contributed by atoms with Gasteiger partial charge in [0.2, 0.25) is 0 Å². The molecule has 1 unspecified atom stereocenters. The molecular weight excluding hydrogens is 481 g/mol. The van der Waals surface area contributed by atoms with Crippen molar-refractivity contribution >= 4 is 33.3 Å². The van der Waals surface area contributed by atoms with Gasteiger partial charge in [-0.05, 0) is 89.4 Å². The Kier molecular flexibility index (Phi) is 16.8. The van der Waals surface area contributed by atoms with E-state index in [1.807, 2.05) is 0 Å². The van der Waals surface area contributed by atoms with Gasteiger partial charge >= 0.3 is 0 Å². The van der Waals surface area contributed by atoms with E-state index in [1.165, 1.54) is 37.8 Å². The van der Waals surface area contributed by atoms with Crippen LogP contribution in [0.5, 0.6) is 0 Å². The third-order valence-electron chi connectivity index (χ3n) is 5.93. The average molecular weight is 539 g/mol. The summed E-state index contributed by atoms with van der Waals surface area (Å²) in [5.41, 5.74) is 0. The molecule has 0 saturated carbocycles. The van der Waals surface area contributed by atoms with Crippen LogP contribution in [0.25, 0.3) is 0 Å². The summed E-state index contributed by atoms with van der Waals surface area (Å²) in [7, 11) is -6.42. The highest BCUT2D eigenvalue weighted by atomic mass is 28.4. The minimum atomic E-state index is -1.68. The Morgan fingerprint density at radius 1 is 0.576 bits per heavy atom. The first-order valence-corrected chi connectivity index (χ1v) is 25.9. The number of aliphatic hydroxyl groups is 1. The quantitative estimate of drug-likeness (QED) is 0.0927. The molecule has 9 heteroatoms. The lowest BCUT2D eigenvalue weighted by Crippen LogP contribution is -2.44. The number of aliphatic hydroxyl groups excluding tert-OH is 1. The molecule has 0 saturated heterocycles. The van der Waals surface area contributed by atoms with Gasteiger partial charge in [0.25, 0.3) is 0 Å². The van der Waals surface area contributed by atoms with E-state index < -0.39 is 39.6 Å². The van der Waals surface area contributed by atoms with Crippen molar-refractivity contribution in [2.24, 2.45) is 0 Å². The van der Waals surface area contributed by atoms with Gasteiger partial charge in [-0.3, -0.25) is 0 Å². The zero-order chi connectivity index (χ0) is 25.6. The number of rotatable bonds is 21. The van der Waals surface area contributed by atoms with Crippen molar-refractivity contribution in [3.63, 3.8) is 0 Å². The number of ether oxygens (including phenoxy) is 2. The summed E-state index contributed by atoms with van der Waals surface area (Å²) in [5.74, 6) is 0. The van der Waals surface area contributed by atoms with Crippen LogP contribution in [0.4, 0.5) is 0 Å². The molecule has 0 spiro atoms. The van der Waals surface area contributed by atoms with Gasteiger partial charge in [0.05, 0.1) is 6.61 Å². The van der Waals surface area contributed by atoms with E-state index >= 15 is 0 Å². The third kappa shape index (κ3) is 19.5. The minimum Gasteiger partial charge on any atom is -0.455 e. The predicted octanol–water partition coefficient (Wildman–Crippen LogP) is 7.57. The van der Waals surface area contributed by atoms with Crippen LogP contribution < -0.4 is 0 Å². The van der Waals surface area contributed by atoms with Crippen molar-refractivity contribution in [2.75, 3.05) is 19.8 Å². The van der Waals surface area contributed by atoms with Gasteiger partial charge < -0.3 is 22.8 Å². The number of hydrogen-bond donors (Lipinski definition) is 1.